The lowest BCUT2D eigenvalue weighted by atomic mass is 9.79. The second-order valence-electron chi connectivity index (χ2n) is 3.37. The third-order valence-electron chi connectivity index (χ3n) is 2.13. The van der Waals surface area contributed by atoms with Crippen LogP contribution in [-0.4, -0.2) is 34.3 Å². The second kappa shape index (κ2) is 5.06. The maximum absolute atomic E-state index is 13.4. The third-order valence-corrected chi connectivity index (χ3v) is 2.13. The average molecular weight is 227 g/mol. The molecule has 1 rings (SSSR count). The van der Waals surface area contributed by atoms with E-state index in [2.05, 4.69) is 0 Å². The Hall–Kier alpha value is -1.44. The zero-order valence-corrected chi connectivity index (χ0v) is 8.30. The Labute approximate surface area is 91.5 Å². The van der Waals surface area contributed by atoms with Gasteiger partial charge >= 0.3 is 13.1 Å². The van der Waals surface area contributed by atoms with Crippen molar-refractivity contribution >= 4 is 18.6 Å². The normalized spacial score (nSPS) is 12.2. The van der Waals surface area contributed by atoms with E-state index in [1.165, 1.54) is 12.1 Å². The van der Waals surface area contributed by atoms with E-state index in [4.69, 9.17) is 20.9 Å². The van der Waals surface area contributed by atoms with E-state index >= 15 is 0 Å². The first-order valence-corrected chi connectivity index (χ1v) is 4.54. The predicted octanol–water partition coefficient (Wildman–Crippen LogP) is -1.54. The van der Waals surface area contributed by atoms with Gasteiger partial charge in [0.2, 0.25) is 0 Å². The molecule has 0 unspecified atom stereocenters. The summed E-state index contributed by atoms with van der Waals surface area (Å²) in [6.07, 6.45) is -0.150. The molecule has 0 heterocycles. The molecule has 1 atom stereocenters. The van der Waals surface area contributed by atoms with Gasteiger partial charge in [-0.25, -0.2) is 4.39 Å². The van der Waals surface area contributed by atoms with Crippen molar-refractivity contribution in [2.75, 3.05) is 0 Å². The number of hydrogen-bond donors (Lipinski definition) is 4. The van der Waals surface area contributed by atoms with Crippen molar-refractivity contribution in [2.45, 2.75) is 12.5 Å². The lowest BCUT2D eigenvalue weighted by Gasteiger charge is -2.08. The van der Waals surface area contributed by atoms with Crippen LogP contribution in [0.2, 0.25) is 0 Å². The quantitative estimate of drug-likeness (QED) is 0.466. The van der Waals surface area contributed by atoms with Crippen molar-refractivity contribution in [1.82, 2.24) is 0 Å². The van der Waals surface area contributed by atoms with Crippen LogP contribution in [0.4, 0.5) is 4.39 Å². The molecule has 0 aliphatic heterocycles. The monoisotopic (exact) mass is 227 g/mol. The molecule has 7 heteroatoms. The molecule has 0 aliphatic carbocycles. The van der Waals surface area contributed by atoms with Crippen LogP contribution in [-0.2, 0) is 11.2 Å². The van der Waals surface area contributed by atoms with Gasteiger partial charge in [-0.05, 0) is 17.1 Å². The Morgan fingerprint density at radius 2 is 2.12 bits per heavy atom. The number of halogens is 1. The number of aliphatic carboxylic acids is 1. The number of benzene rings is 1. The van der Waals surface area contributed by atoms with Gasteiger partial charge in [0.05, 0.1) is 0 Å². The molecule has 0 aliphatic rings. The molecule has 0 aromatic heterocycles. The van der Waals surface area contributed by atoms with E-state index in [1.54, 1.807) is 0 Å². The fourth-order valence-corrected chi connectivity index (χ4v) is 1.21. The van der Waals surface area contributed by atoms with Gasteiger partial charge in [-0.2, -0.15) is 0 Å². The smallest absolute Gasteiger partial charge is 0.480 e. The van der Waals surface area contributed by atoms with Gasteiger partial charge in [0.1, 0.15) is 11.9 Å². The topological polar surface area (TPSA) is 104 Å². The first-order valence-electron chi connectivity index (χ1n) is 4.54. The molecular weight excluding hydrogens is 216 g/mol. The van der Waals surface area contributed by atoms with Crippen molar-refractivity contribution in [3.8, 4) is 0 Å². The van der Waals surface area contributed by atoms with Crippen LogP contribution >= 0.6 is 0 Å². The Kier molecular flexibility index (Phi) is 4.00. The van der Waals surface area contributed by atoms with Crippen LogP contribution < -0.4 is 11.2 Å². The van der Waals surface area contributed by atoms with E-state index in [9.17, 15) is 9.18 Å². The minimum Gasteiger partial charge on any atom is -0.480 e. The number of rotatable bonds is 4. The molecule has 0 bridgehead atoms. The van der Waals surface area contributed by atoms with Crippen molar-refractivity contribution in [3.63, 3.8) is 0 Å². The van der Waals surface area contributed by atoms with Crippen LogP contribution in [0, 0.1) is 5.82 Å². The summed E-state index contributed by atoms with van der Waals surface area (Å²) in [7, 11) is -1.75. The summed E-state index contributed by atoms with van der Waals surface area (Å²) in [5, 5.41) is 26.1. The molecule has 0 saturated heterocycles. The summed E-state index contributed by atoms with van der Waals surface area (Å²) in [5.41, 5.74) is 5.38. The van der Waals surface area contributed by atoms with Gasteiger partial charge < -0.3 is 20.9 Å². The lowest BCUT2D eigenvalue weighted by molar-refractivity contribution is -0.138. The van der Waals surface area contributed by atoms with Crippen LogP contribution in [0.3, 0.4) is 0 Å². The summed E-state index contributed by atoms with van der Waals surface area (Å²) in [6.45, 7) is 0. The fraction of sp³-hybridized carbons (Fsp3) is 0.222. The molecule has 16 heavy (non-hydrogen) atoms. The summed E-state index contributed by atoms with van der Waals surface area (Å²) in [5.74, 6) is -1.92. The molecule has 0 spiro atoms. The predicted molar refractivity (Wildman–Crippen MR) is 55.5 cm³/mol. The summed E-state index contributed by atoms with van der Waals surface area (Å²) >= 11 is 0. The van der Waals surface area contributed by atoms with Crippen LogP contribution in [0.25, 0.3) is 0 Å². The second-order valence-corrected chi connectivity index (χ2v) is 3.37. The number of carboxylic acids is 1. The number of carboxylic acid groups (broad SMARTS) is 1. The first kappa shape index (κ1) is 12.6. The molecule has 0 fully saturated rings. The number of nitrogens with two attached hydrogens (primary N) is 1. The third kappa shape index (κ3) is 3.03. The Morgan fingerprint density at radius 1 is 1.50 bits per heavy atom. The molecule has 5 nitrogen and oxygen atoms in total. The van der Waals surface area contributed by atoms with Crippen LogP contribution in [0.1, 0.15) is 5.56 Å². The van der Waals surface area contributed by atoms with E-state index in [1.807, 2.05) is 0 Å². The van der Waals surface area contributed by atoms with Crippen LogP contribution in [0.5, 0.6) is 0 Å². The lowest BCUT2D eigenvalue weighted by Crippen LogP contribution is -2.33. The van der Waals surface area contributed by atoms with Gasteiger partial charge in [0.15, 0.2) is 0 Å². The van der Waals surface area contributed by atoms with Crippen molar-refractivity contribution in [2.24, 2.45) is 5.73 Å². The number of carbonyl (C=O) groups is 1. The zero-order chi connectivity index (χ0) is 12.3. The highest BCUT2D eigenvalue weighted by Gasteiger charge is 2.17. The Balaban J connectivity index is 2.87. The molecule has 0 radical (unpaired) electrons. The van der Waals surface area contributed by atoms with Crippen LogP contribution in [0.15, 0.2) is 18.2 Å². The molecule has 0 saturated carbocycles. The maximum Gasteiger partial charge on any atom is 0.488 e. The largest absolute Gasteiger partial charge is 0.488 e. The summed E-state index contributed by atoms with van der Waals surface area (Å²) in [6, 6.07) is 2.35. The fourth-order valence-electron chi connectivity index (χ4n) is 1.21. The standard InChI is InChI=1S/C9H11BFNO4/c11-7-4-6(10(15)16)2-1-5(7)3-8(12)9(13)14/h1-2,4,8,15-16H,3,12H2,(H,13,14)/t8-/m0/s1. The SMILES string of the molecule is N[C@@H](Cc1ccc(B(O)O)cc1F)C(=O)O. The van der Waals surface area contributed by atoms with Gasteiger partial charge in [0, 0.05) is 6.42 Å². The van der Waals surface area contributed by atoms with Gasteiger partial charge in [-0.3, -0.25) is 4.79 Å². The Bertz CT molecular complexity index is 399. The van der Waals surface area contributed by atoms with Gasteiger partial charge in [0.25, 0.3) is 0 Å². The van der Waals surface area contributed by atoms with E-state index in [0.717, 1.165) is 6.07 Å². The highest BCUT2D eigenvalue weighted by atomic mass is 19.1. The summed E-state index contributed by atoms with van der Waals surface area (Å²) < 4.78 is 13.4. The molecule has 5 N–H and O–H groups in total. The van der Waals surface area contributed by atoms with Gasteiger partial charge in [-0.15, -0.1) is 0 Å². The molecule has 1 aromatic rings. The first-order chi connectivity index (χ1) is 7.41. The van der Waals surface area contributed by atoms with Gasteiger partial charge in [-0.1, -0.05) is 12.1 Å². The maximum atomic E-state index is 13.4. The molecule has 86 valence electrons. The summed E-state index contributed by atoms with van der Waals surface area (Å²) in [4.78, 5) is 10.5. The number of hydrogen-bond acceptors (Lipinski definition) is 4. The average Bonchev–Trinajstić information content (AvgIpc) is 2.20. The highest BCUT2D eigenvalue weighted by molar-refractivity contribution is 6.58. The van der Waals surface area contributed by atoms with E-state index < -0.39 is 24.9 Å². The van der Waals surface area contributed by atoms with Crippen molar-refractivity contribution in [3.05, 3.63) is 29.6 Å². The molecule has 1 aromatic carbocycles. The van der Waals surface area contributed by atoms with E-state index in [-0.39, 0.29) is 17.4 Å². The van der Waals surface area contributed by atoms with Crippen molar-refractivity contribution < 1.29 is 24.3 Å². The highest BCUT2D eigenvalue weighted by Crippen LogP contribution is 2.07. The van der Waals surface area contributed by atoms with Crippen molar-refractivity contribution in [1.29, 1.82) is 0 Å². The minimum absolute atomic E-state index is 0.00477. The minimum atomic E-state index is -1.75. The zero-order valence-electron chi connectivity index (χ0n) is 8.30. The molecular formula is C9H11BFNO4. The Morgan fingerprint density at radius 3 is 2.56 bits per heavy atom. The molecule has 0 amide bonds. The van der Waals surface area contributed by atoms with E-state index in [0.29, 0.717) is 0 Å².